The summed E-state index contributed by atoms with van der Waals surface area (Å²) in [5.74, 6) is -0.551. The van der Waals surface area contributed by atoms with Crippen LogP contribution in [0.1, 0.15) is 21.5 Å². The molecule has 0 saturated carbocycles. The summed E-state index contributed by atoms with van der Waals surface area (Å²) in [7, 11) is -2.44. The molecule has 4 aromatic carbocycles. The maximum absolute atomic E-state index is 13.3. The summed E-state index contributed by atoms with van der Waals surface area (Å²) >= 11 is 0. The van der Waals surface area contributed by atoms with Crippen LogP contribution in [0.3, 0.4) is 0 Å². The normalized spacial score (nSPS) is 12.6. The van der Waals surface area contributed by atoms with Crippen molar-refractivity contribution in [2.24, 2.45) is 0 Å². The lowest BCUT2D eigenvalue weighted by molar-refractivity contribution is -0.146. The van der Waals surface area contributed by atoms with Gasteiger partial charge in [0, 0.05) is 12.0 Å². The zero-order chi connectivity index (χ0) is 29.1. The summed E-state index contributed by atoms with van der Waals surface area (Å²) < 4.78 is 39.9. The second kappa shape index (κ2) is 14.2. The average Bonchev–Trinajstić information content (AvgIpc) is 3.00. The van der Waals surface area contributed by atoms with Gasteiger partial charge in [-0.25, -0.2) is 17.9 Å². The van der Waals surface area contributed by atoms with E-state index in [1.54, 1.807) is 42.5 Å². The van der Waals surface area contributed by atoms with Gasteiger partial charge in [0.2, 0.25) is 10.0 Å². The van der Waals surface area contributed by atoms with Crippen LogP contribution in [-0.2, 0) is 32.4 Å². The van der Waals surface area contributed by atoms with E-state index in [0.717, 1.165) is 11.1 Å². The van der Waals surface area contributed by atoms with Gasteiger partial charge < -0.3 is 14.8 Å². The first-order valence-corrected chi connectivity index (χ1v) is 14.6. The molecule has 2 atom stereocenters. The first-order valence-electron chi connectivity index (χ1n) is 13.1. The Hall–Kier alpha value is -4.47. The smallest absolute Gasteiger partial charge is 0.329 e. The predicted molar refractivity (Wildman–Crippen MR) is 156 cm³/mol. The van der Waals surface area contributed by atoms with E-state index in [9.17, 15) is 18.0 Å². The molecule has 212 valence electrons. The van der Waals surface area contributed by atoms with Gasteiger partial charge in [-0.3, -0.25) is 4.79 Å². The summed E-state index contributed by atoms with van der Waals surface area (Å²) in [6, 6.07) is 31.4. The highest BCUT2D eigenvalue weighted by molar-refractivity contribution is 7.89. The average molecular weight is 573 g/mol. The molecule has 1 amide bonds. The van der Waals surface area contributed by atoms with E-state index < -0.39 is 34.0 Å². The second-order valence-electron chi connectivity index (χ2n) is 9.40. The molecule has 0 heterocycles. The fraction of sp³-hybridized carbons (Fsp3) is 0.188. The summed E-state index contributed by atoms with van der Waals surface area (Å²) in [5.41, 5.74) is 2.11. The minimum absolute atomic E-state index is 0.0553. The van der Waals surface area contributed by atoms with Crippen LogP contribution in [0, 0.1) is 0 Å². The summed E-state index contributed by atoms with van der Waals surface area (Å²) in [5, 5.41) is 2.78. The molecule has 4 rings (SSSR count). The van der Waals surface area contributed by atoms with Gasteiger partial charge in [0.05, 0.1) is 18.0 Å². The molecule has 9 heteroatoms. The molecule has 0 aliphatic carbocycles. The Labute approximate surface area is 240 Å². The van der Waals surface area contributed by atoms with Crippen LogP contribution in [0.5, 0.6) is 5.75 Å². The molecule has 0 bridgehead atoms. The van der Waals surface area contributed by atoms with E-state index in [2.05, 4.69) is 10.0 Å². The number of carbonyl (C=O) groups excluding carboxylic acids is 2. The number of sulfonamides is 1. The van der Waals surface area contributed by atoms with Gasteiger partial charge in [0.15, 0.2) is 0 Å². The Morgan fingerprint density at radius 1 is 0.732 bits per heavy atom. The number of ether oxygens (including phenoxy) is 2. The van der Waals surface area contributed by atoms with E-state index in [1.807, 2.05) is 60.7 Å². The van der Waals surface area contributed by atoms with Crippen molar-refractivity contribution >= 4 is 21.9 Å². The van der Waals surface area contributed by atoms with Crippen LogP contribution >= 0.6 is 0 Å². The molecule has 0 aromatic heterocycles. The van der Waals surface area contributed by atoms with Crippen LogP contribution < -0.4 is 14.8 Å². The second-order valence-corrected chi connectivity index (χ2v) is 11.1. The monoisotopic (exact) mass is 572 g/mol. The predicted octanol–water partition coefficient (Wildman–Crippen LogP) is 4.17. The van der Waals surface area contributed by atoms with Crippen molar-refractivity contribution in [2.75, 3.05) is 13.7 Å². The highest BCUT2D eigenvalue weighted by Gasteiger charge is 2.27. The highest BCUT2D eigenvalue weighted by atomic mass is 32.2. The Bertz CT molecular complexity index is 1510. The molecular formula is C32H32N2O6S. The minimum atomic E-state index is -3.94. The van der Waals surface area contributed by atoms with E-state index in [-0.39, 0.29) is 24.3 Å². The summed E-state index contributed by atoms with van der Waals surface area (Å²) in [6.45, 7) is -0.240. The third-order valence-corrected chi connectivity index (χ3v) is 7.89. The van der Waals surface area contributed by atoms with Gasteiger partial charge in [-0.2, -0.15) is 0 Å². The molecule has 0 fully saturated rings. The molecular weight excluding hydrogens is 540 g/mol. The molecule has 8 nitrogen and oxygen atoms in total. The van der Waals surface area contributed by atoms with Crippen LogP contribution in [0.2, 0.25) is 0 Å². The van der Waals surface area contributed by atoms with Gasteiger partial charge in [0.25, 0.3) is 5.91 Å². The lowest BCUT2D eigenvalue weighted by Gasteiger charge is -2.22. The van der Waals surface area contributed by atoms with Crippen LogP contribution in [0.15, 0.2) is 120 Å². The SMILES string of the molecule is COc1ccc(S(=O)(=O)N[C@@H](COC(=O)[C@H](Cc2ccccc2)NC(=O)c2ccccc2)Cc2ccccc2)cc1. The molecule has 0 aliphatic heterocycles. The maximum Gasteiger partial charge on any atom is 0.329 e. The highest BCUT2D eigenvalue weighted by Crippen LogP contribution is 2.17. The number of benzene rings is 4. The molecule has 0 aliphatic rings. The molecule has 2 N–H and O–H groups in total. The van der Waals surface area contributed by atoms with E-state index >= 15 is 0 Å². The molecule has 0 radical (unpaired) electrons. The lowest BCUT2D eigenvalue weighted by atomic mass is 10.1. The number of nitrogens with one attached hydrogen (secondary N) is 2. The standard InChI is InChI=1S/C32H32N2O6S/c1-39-28-17-19-29(20-18-28)41(37,38)34-27(21-24-11-5-2-6-12-24)23-40-32(36)30(22-25-13-7-3-8-14-25)33-31(35)26-15-9-4-10-16-26/h2-20,27,30,34H,21-23H2,1H3,(H,33,35)/t27-,30+/m1/s1. The van der Waals surface area contributed by atoms with Crippen LogP contribution in [0.4, 0.5) is 0 Å². The van der Waals surface area contributed by atoms with Crippen molar-refractivity contribution in [1.29, 1.82) is 0 Å². The molecule has 0 unspecified atom stereocenters. The quantitative estimate of drug-likeness (QED) is 0.233. The van der Waals surface area contributed by atoms with E-state index in [0.29, 0.717) is 11.3 Å². The molecule has 0 spiro atoms. The summed E-state index contributed by atoms with van der Waals surface area (Å²) in [4.78, 5) is 26.3. The van der Waals surface area contributed by atoms with Crippen LogP contribution in [0.25, 0.3) is 0 Å². The lowest BCUT2D eigenvalue weighted by Crippen LogP contribution is -2.46. The fourth-order valence-electron chi connectivity index (χ4n) is 4.23. The van der Waals surface area contributed by atoms with Crippen molar-refractivity contribution in [3.8, 4) is 5.75 Å². The first kappa shape index (κ1) is 29.5. The van der Waals surface area contributed by atoms with Crippen molar-refractivity contribution < 1.29 is 27.5 Å². The molecule has 41 heavy (non-hydrogen) atoms. The number of hydrogen-bond acceptors (Lipinski definition) is 6. The van der Waals surface area contributed by atoms with Crippen molar-refractivity contribution in [3.63, 3.8) is 0 Å². The Morgan fingerprint density at radius 2 is 1.27 bits per heavy atom. The number of esters is 1. The number of carbonyl (C=O) groups is 2. The van der Waals surface area contributed by atoms with E-state index in [1.165, 1.54) is 19.2 Å². The third-order valence-electron chi connectivity index (χ3n) is 6.35. The molecule has 0 saturated heterocycles. The van der Waals surface area contributed by atoms with Gasteiger partial charge in [-0.05, 0) is 53.9 Å². The summed E-state index contributed by atoms with van der Waals surface area (Å²) in [6.07, 6.45) is 0.488. The minimum Gasteiger partial charge on any atom is -0.497 e. The Kier molecular flexibility index (Phi) is 10.3. The largest absolute Gasteiger partial charge is 0.497 e. The van der Waals surface area contributed by atoms with Gasteiger partial charge >= 0.3 is 5.97 Å². The fourth-order valence-corrected chi connectivity index (χ4v) is 5.45. The van der Waals surface area contributed by atoms with Crippen LogP contribution in [-0.4, -0.2) is 46.1 Å². The number of amides is 1. The number of hydrogen-bond donors (Lipinski definition) is 2. The Morgan fingerprint density at radius 3 is 1.83 bits per heavy atom. The van der Waals surface area contributed by atoms with Gasteiger partial charge in [-0.15, -0.1) is 0 Å². The third kappa shape index (κ3) is 8.76. The number of methoxy groups -OCH3 is 1. The Balaban J connectivity index is 1.51. The van der Waals surface area contributed by atoms with Crippen molar-refractivity contribution in [3.05, 3.63) is 132 Å². The molecule has 4 aromatic rings. The maximum atomic E-state index is 13.3. The number of rotatable bonds is 13. The first-order chi connectivity index (χ1) is 19.8. The van der Waals surface area contributed by atoms with Gasteiger partial charge in [-0.1, -0.05) is 78.9 Å². The van der Waals surface area contributed by atoms with E-state index in [4.69, 9.17) is 9.47 Å². The zero-order valence-corrected chi connectivity index (χ0v) is 23.4. The van der Waals surface area contributed by atoms with Crippen molar-refractivity contribution in [2.45, 2.75) is 29.8 Å². The topological polar surface area (TPSA) is 111 Å². The zero-order valence-electron chi connectivity index (χ0n) is 22.6. The van der Waals surface area contributed by atoms with Crippen molar-refractivity contribution in [1.82, 2.24) is 10.0 Å². The van der Waals surface area contributed by atoms with Gasteiger partial charge in [0.1, 0.15) is 18.4 Å².